The Kier molecular flexibility index (Phi) is 5.23. The summed E-state index contributed by atoms with van der Waals surface area (Å²) in [5, 5.41) is 0. The summed E-state index contributed by atoms with van der Waals surface area (Å²) in [5.41, 5.74) is 14.2. The van der Waals surface area contributed by atoms with Gasteiger partial charge in [0.25, 0.3) is 0 Å². The highest BCUT2D eigenvalue weighted by Gasteiger charge is 2.15. The van der Waals surface area contributed by atoms with E-state index in [-0.39, 0.29) is 6.04 Å². The number of hydrogen-bond acceptors (Lipinski definition) is 3. The van der Waals surface area contributed by atoms with Crippen molar-refractivity contribution in [3.05, 3.63) is 29.8 Å². The lowest BCUT2D eigenvalue weighted by Crippen LogP contribution is -2.40. The van der Waals surface area contributed by atoms with Gasteiger partial charge < -0.3 is 16.4 Å². The molecule has 3 heteroatoms. The van der Waals surface area contributed by atoms with Crippen LogP contribution in [0.2, 0.25) is 0 Å². The summed E-state index contributed by atoms with van der Waals surface area (Å²) < 4.78 is 0. The van der Waals surface area contributed by atoms with E-state index in [4.69, 9.17) is 11.5 Å². The van der Waals surface area contributed by atoms with Gasteiger partial charge in [-0.1, -0.05) is 31.4 Å². The zero-order valence-electron chi connectivity index (χ0n) is 12.0. The maximum atomic E-state index is 5.89. The SMILES string of the molecule is CN(CC(N)CN)c1ccc(C2CCCCC2)cc1. The van der Waals surface area contributed by atoms with Crippen molar-refractivity contribution >= 4 is 5.69 Å². The Morgan fingerprint density at radius 2 is 1.79 bits per heavy atom. The molecule has 1 aromatic carbocycles. The third-order valence-electron chi connectivity index (χ3n) is 4.22. The Labute approximate surface area is 117 Å². The van der Waals surface area contributed by atoms with Gasteiger partial charge in [0.1, 0.15) is 0 Å². The molecule has 1 aromatic rings. The van der Waals surface area contributed by atoms with Gasteiger partial charge in [0.15, 0.2) is 0 Å². The van der Waals surface area contributed by atoms with Gasteiger partial charge in [0.05, 0.1) is 0 Å². The van der Waals surface area contributed by atoms with Crippen LogP contribution in [0.25, 0.3) is 0 Å². The van der Waals surface area contributed by atoms with Gasteiger partial charge in [-0.2, -0.15) is 0 Å². The molecule has 0 radical (unpaired) electrons. The number of anilines is 1. The number of nitrogens with zero attached hydrogens (tertiary/aromatic N) is 1. The normalized spacial score (nSPS) is 18.3. The molecular formula is C16H27N3. The van der Waals surface area contributed by atoms with Crippen LogP contribution >= 0.6 is 0 Å². The minimum absolute atomic E-state index is 0.0445. The second-order valence-corrected chi connectivity index (χ2v) is 5.80. The second-order valence-electron chi connectivity index (χ2n) is 5.80. The summed E-state index contributed by atoms with van der Waals surface area (Å²) in [6.07, 6.45) is 6.89. The molecule has 0 aromatic heterocycles. The van der Waals surface area contributed by atoms with Gasteiger partial charge in [-0.15, -0.1) is 0 Å². The Bertz CT molecular complexity index is 368. The third kappa shape index (κ3) is 3.95. The average Bonchev–Trinajstić information content (AvgIpc) is 2.48. The largest absolute Gasteiger partial charge is 0.373 e. The lowest BCUT2D eigenvalue weighted by molar-refractivity contribution is 0.443. The summed E-state index contributed by atoms with van der Waals surface area (Å²) in [6, 6.07) is 9.05. The van der Waals surface area contributed by atoms with Crippen molar-refractivity contribution in [2.24, 2.45) is 11.5 Å². The van der Waals surface area contributed by atoms with Crippen LogP contribution in [0, 0.1) is 0 Å². The van der Waals surface area contributed by atoms with Crippen LogP contribution in [0.15, 0.2) is 24.3 Å². The maximum absolute atomic E-state index is 5.89. The molecule has 3 nitrogen and oxygen atoms in total. The number of nitrogens with two attached hydrogens (primary N) is 2. The Morgan fingerprint density at radius 1 is 1.16 bits per heavy atom. The van der Waals surface area contributed by atoms with Crippen LogP contribution < -0.4 is 16.4 Å². The van der Waals surface area contributed by atoms with E-state index in [1.54, 1.807) is 0 Å². The fraction of sp³-hybridized carbons (Fsp3) is 0.625. The minimum Gasteiger partial charge on any atom is -0.373 e. The lowest BCUT2D eigenvalue weighted by Gasteiger charge is -2.25. The fourth-order valence-corrected chi connectivity index (χ4v) is 2.97. The van der Waals surface area contributed by atoms with Crippen LogP contribution in [-0.2, 0) is 0 Å². The van der Waals surface area contributed by atoms with Crippen molar-refractivity contribution in [1.82, 2.24) is 0 Å². The molecule has 106 valence electrons. The molecule has 4 N–H and O–H groups in total. The fourth-order valence-electron chi connectivity index (χ4n) is 2.97. The molecule has 2 rings (SSSR count). The van der Waals surface area contributed by atoms with E-state index >= 15 is 0 Å². The van der Waals surface area contributed by atoms with Gasteiger partial charge >= 0.3 is 0 Å². The van der Waals surface area contributed by atoms with E-state index in [1.165, 1.54) is 43.4 Å². The molecule has 0 saturated heterocycles. The van der Waals surface area contributed by atoms with Gasteiger partial charge in [-0.05, 0) is 36.5 Å². The highest BCUT2D eigenvalue weighted by Crippen LogP contribution is 2.33. The summed E-state index contributed by atoms with van der Waals surface area (Å²) in [7, 11) is 2.07. The van der Waals surface area contributed by atoms with Crippen LogP contribution in [0.4, 0.5) is 5.69 Å². The Hall–Kier alpha value is -1.06. The molecule has 19 heavy (non-hydrogen) atoms. The first-order valence-electron chi connectivity index (χ1n) is 7.47. The summed E-state index contributed by atoms with van der Waals surface area (Å²) in [6.45, 7) is 1.34. The molecule has 1 aliphatic carbocycles. The maximum Gasteiger partial charge on any atom is 0.0364 e. The Morgan fingerprint density at radius 3 is 2.37 bits per heavy atom. The first-order chi connectivity index (χ1) is 9.20. The van der Waals surface area contributed by atoms with Crippen molar-refractivity contribution in [2.45, 2.75) is 44.1 Å². The van der Waals surface area contributed by atoms with Crippen LogP contribution in [0.1, 0.15) is 43.6 Å². The first-order valence-corrected chi connectivity index (χ1v) is 7.47. The van der Waals surface area contributed by atoms with Crippen molar-refractivity contribution in [2.75, 3.05) is 25.0 Å². The molecule has 0 heterocycles. The third-order valence-corrected chi connectivity index (χ3v) is 4.22. The van der Waals surface area contributed by atoms with Gasteiger partial charge in [0, 0.05) is 31.9 Å². The smallest absolute Gasteiger partial charge is 0.0364 e. The number of rotatable bonds is 5. The molecule has 0 bridgehead atoms. The standard InChI is InChI=1S/C16H27N3/c1-19(12-15(18)11-17)16-9-7-14(8-10-16)13-5-3-2-4-6-13/h7-10,13,15H,2-6,11-12,17-18H2,1H3. The molecule has 0 amide bonds. The van der Waals surface area contributed by atoms with Crippen molar-refractivity contribution < 1.29 is 0 Å². The topological polar surface area (TPSA) is 55.3 Å². The van der Waals surface area contributed by atoms with E-state index < -0.39 is 0 Å². The molecule has 1 aliphatic rings. The molecule has 0 aliphatic heterocycles. The van der Waals surface area contributed by atoms with Gasteiger partial charge in [-0.3, -0.25) is 0 Å². The van der Waals surface area contributed by atoms with E-state index in [2.05, 4.69) is 36.2 Å². The average molecular weight is 261 g/mol. The molecule has 1 saturated carbocycles. The van der Waals surface area contributed by atoms with Crippen molar-refractivity contribution in [3.63, 3.8) is 0 Å². The summed E-state index contributed by atoms with van der Waals surface area (Å²) in [4.78, 5) is 2.18. The summed E-state index contributed by atoms with van der Waals surface area (Å²) >= 11 is 0. The lowest BCUT2D eigenvalue weighted by atomic mass is 9.84. The molecular weight excluding hydrogens is 234 g/mol. The monoisotopic (exact) mass is 261 g/mol. The van der Waals surface area contributed by atoms with E-state index in [9.17, 15) is 0 Å². The quantitative estimate of drug-likeness (QED) is 0.856. The highest BCUT2D eigenvalue weighted by molar-refractivity contribution is 5.47. The number of hydrogen-bond donors (Lipinski definition) is 2. The van der Waals surface area contributed by atoms with E-state index in [0.29, 0.717) is 6.54 Å². The van der Waals surface area contributed by atoms with Crippen LogP contribution in [0.3, 0.4) is 0 Å². The number of benzene rings is 1. The molecule has 1 fully saturated rings. The first kappa shape index (κ1) is 14.4. The molecule has 1 atom stereocenters. The molecule has 1 unspecified atom stereocenters. The highest BCUT2D eigenvalue weighted by atomic mass is 15.1. The predicted molar refractivity (Wildman–Crippen MR) is 82.6 cm³/mol. The van der Waals surface area contributed by atoms with Crippen LogP contribution in [0.5, 0.6) is 0 Å². The van der Waals surface area contributed by atoms with Crippen molar-refractivity contribution in [1.29, 1.82) is 0 Å². The second kappa shape index (κ2) is 6.92. The van der Waals surface area contributed by atoms with Gasteiger partial charge in [0.2, 0.25) is 0 Å². The molecule has 0 spiro atoms. The van der Waals surface area contributed by atoms with Crippen molar-refractivity contribution in [3.8, 4) is 0 Å². The number of likely N-dealkylation sites (N-methyl/N-ethyl adjacent to an activating group) is 1. The zero-order chi connectivity index (χ0) is 13.7. The Balaban J connectivity index is 1.97. The van der Waals surface area contributed by atoms with Crippen LogP contribution in [-0.4, -0.2) is 26.2 Å². The summed E-state index contributed by atoms with van der Waals surface area (Å²) in [5.74, 6) is 0.777. The van der Waals surface area contributed by atoms with E-state index in [0.717, 1.165) is 12.5 Å². The predicted octanol–water partition coefficient (Wildman–Crippen LogP) is 2.46. The van der Waals surface area contributed by atoms with Gasteiger partial charge in [-0.25, -0.2) is 0 Å². The zero-order valence-corrected chi connectivity index (χ0v) is 12.0. The van der Waals surface area contributed by atoms with E-state index in [1.807, 2.05) is 0 Å². The minimum atomic E-state index is 0.0445.